The monoisotopic (exact) mass is 314 g/mol. The Kier molecular flexibility index (Phi) is 4.20. The zero-order valence-corrected chi connectivity index (χ0v) is 13.6. The fourth-order valence-electron chi connectivity index (χ4n) is 2.34. The molecule has 0 radical (unpaired) electrons. The molecule has 0 saturated carbocycles. The number of ether oxygens (including phenoxy) is 1. The van der Waals surface area contributed by atoms with E-state index in [-0.39, 0.29) is 0 Å². The Morgan fingerprint density at radius 2 is 2.18 bits per heavy atom. The van der Waals surface area contributed by atoms with E-state index >= 15 is 0 Å². The highest BCUT2D eigenvalue weighted by Gasteiger charge is 2.10. The van der Waals surface area contributed by atoms with Crippen molar-refractivity contribution in [3.63, 3.8) is 0 Å². The fraction of sp³-hybridized carbons (Fsp3) is 0.250. The number of hydrogen-bond acceptors (Lipinski definition) is 5. The quantitative estimate of drug-likeness (QED) is 0.576. The van der Waals surface area contributed by atoms with Crippen LogP contribution in [0.5, 0.6) is 5.75 Å². The molecule has 0 amide bonds. The molecule has 0 unspecified atom stereocenters. The summed E-state index contributed by atoms with van der Waals surface area (Å²) in [6.07, 6.45) is 3.74. The standard InChI is InChI=1S/C16H18N4OS/c1-4-22-16-19-12(10-15-18-7-8-20(15)16)11-5-6-14(21-3)13(9-11)17-2/h5-10,17H,4H2,1-3H3. The van der Waals surface area contributed by atoms with Crippen molar-refractivity contribution in [2.75, 3.05) is 25.2 Å². The number of aromatic nitrogens is 3. The first-order valence-corrected chi connectivity index (χ1v) is 8.08. The number of hydrogen-bond donors (Lipinski definition) is 1. The molecule has 0 atom stereocenters. The van der Waals surface area contributed by atoms with E-state index in [9.17, 15) is 0 Å². The van der Waals surface area contributed by atoms with Gasteiger partial charge in [-0.2, -0.15) is 0 Å². The van der Waals surface area contributed by atoms with E-state index in [1.807, 2.05) is 41.9 Å². The number of nitrogens with zero attached hydrogens (tertiary/aromatic N) is 3. The molecule has 22 heavy (non-hydrogen) atoms. The summed E-state index contributed by atoms with van der Waals surface area (Å²) in [7, 11) is 3.55. The van der Waals surface area contributed by atoms with Crippen molar-refractivity contribution in [2.24, 2.45) is 0 Å². The van der Waals surface area contributed by atoms with Gasteiger partial charge in [0, 0.05) is 31.1 Å². The molecule has 1 aromatic carbocycles. The molecule has 5 nitrogen and oxygen atoms in total. The molecule has 0 saturated heterocycles. The molecule has 0 spiro atoms. The van der Waals surface area contributed by atoms with Crippen molar-refractivity contribution in [3.05, 3.63) is 36.7 Å². The minimum Gasteiger partial charge on any atom is -0.495 e. The number of methoxy groups -OCH3 is 1. The molecule has 114 valence electrons. The topological polar surface area (TPSA) is 51.5 Å². The third kappa shape index (κ3) is 2.62. The number of anilines is 1. The Balaban J connectivity index is 2.13. The van der Waals surface area contributed by atoms with Crippen molar-refractivity contribution in [3.8, 4) is 17.0 Å². The average molecular weight is 314 g/mol. The van der Waals surface area contributed by atoms with Gasteiger partial charge in [0.1, 0.15) is 11.4 Å². The maximum Gasteiger partial charge on any atom is 0.174 e. The van der Waals surface area contributed by atoms with Gasteiger partial charge in [0.15, 0.2) is 5.16 Å². The van der Waals surface area contributed by atoms with E-state index in [0.717, 1.165) is 39.3 Å². The highest BCUT2D eigenvalue weighted by molar-refractivity contribution is 7.99. The molecule has 2 aromatic heterocycles. The van der Waals surface area contributed by atoms with E-state index in [4.69, 9.17) is 9.72 Å². The number of thioether (sulfide) groups is 1. The van der Waals surface area contributed by atoms with E-state index < -0.39 is 0 Å². The Hall–Kier alpha value is -2.21. The van der Waals surface area contributed by atoms with Crippen LogP contribution < -0.4 is 10.1 Å². The second-order valence-electron chi connectivity index (χ2n) is 4.68. The van der Waals surface area contributed by atoms with Gasteiger partial charge >= 0.3 is 0 Å². The zero-order valence-electron chi connectivity index (χ0n) is 12.8. The highest BCUT2D eigenvalue weighted by atomic mass is 32.2. The van der Waals surface area contributed by atoms with Crippen LogP contribution in [0.15, 0.2) is 41.8 Å². The van der Waals surface area contributed by atoms with Crippen LogP contribution in [0.2, 0.25) is 0 Å². The number of nitrogens with one attached hydrogen (secondary N) is 1. The van der Waals surface area contributed by atoms with Gasteiger partial charge in [-0.15, -0.1) is 0 Å². The second kappa shape index (κ2) is 6.27. The number of rotatable bonds is 5. The second-order valence-corrected chi connectivity index (χ2v) is 5.91. The minimum atomic E-state index is 0.816. The van der Waals surface area contributed by atoms with E-state index in [2.05, 4.69) is 17.2 Å². The Morgan fingerprint density at radius 1 is 1.32 bits per heavy atom. The largest absolute Gasteiger partial charge is 0.495 e. The molecule has 0 aliphatic heterocycles. The Labute approximate surface area is 133 Å². The minimum absolute atomic E-state index is 0.816. The third-order valence-corrected chi connectivity index (χ3v) is 4.23. The summed E-state index contributed by atoms with van der Waals surface area (Å²) in [5.41, 5.74) is 3.79. The molecule has 0 bridgehead atoms. The van der Waals surface area contributed by atoms with Gasteiger partial charge in [-0.05, 0) is 24.0 Å². The molecule has 6 heteroatoms. The van der Waals surface area contributed by atoms with E-state index in [0.29, 0.717) is 0 Å². The van der Waals surface area contributed by atoms with Crippen LogP contribution in [0.1, 0.15) is 6.92 Å². The van der Waals surface area contributed by atoms with Crippen molar-refractivity contribution in [1.82, 2.24) is 14.4 Å². The predicted octanol–water partition coefficient (Wildman–Crippen LogP) is 3.56. The van der Waals surface area contributed by atoms with Gasteiger partial charge in [0.2, 0.25) is 0 Å². The SMILES string of the molecule is CCSc1nc(-c2ccc(OC)c(NC)c2)cc2nccn12. The lowest BCUT2D eigenvalue weighted by atomic mass is 10.1. The van der Waals surface area contributed by atoms with Crippen molar-refractivity contribution >= 4 is 23.1 Å². The van der Waals surface area contributed by atoms with Crippen LogP contribution in [0.25, 0.3) is 16.9 Å². The van der Waals surface area contributed by atoms with E-state index in [1.54, 1.807) is 25.1 Å². The van der Waals surface area contributed by atoms with Gasteiger partial charge in [-0.1, -0.05) is 18.7 Å². The summed E-state index contributed by atoms with van der Waals surface area (Å²) in [4.78, 5) is 9.17. The van der Waals surface area contributed by atoms with Crippen LogP contribution in [-0.2, 0) is 0 Å². The lowest BCUT2D eigenvalue weighted by Gasteiger charge is -2.11. The molecular formula is C16H18N4OS. The molecule has 0 aliphatic rings. The van der Waals surface area contributed by atoms with Gasteiger partial charge in [0.25, 0.3) is 0 Å². The third-order valence-electron chi connectivity index (χ3n) is 3.40. The average Bonchev–Trinajstić information content (AvgIpc) is 3.03. The molecule has 0 aliphatic carbocycles. The zero-order chi connectivity index (χ0) is 15.5. The van der Waals surface area contributed by atoms with Gasteiger partial charge in [0.05, 0.1) is 18.5 Å². The predicted molar refractivity (Wildman–Crippen MR) is 90.9 cm³/mol. The summed E-state index contributed by atoms with van der Waals surface area (Å²) in [6, 6.07) is 8.01. The Bertz CT molecular complexity index is 800. The van der Waals surface area contributed by atoms with Crippen molar-refractivity contribution in [1.29, 1.82) is 0 Å². The van der Waals surface area contributed by atoms with Gasteiger partial charge < -0.3 is 10.1 Å². The summed E-state index contributed by atoms with van der Waals surface area (Å²) in [5.74, 6) is 1.78. The molecular weight excluding hydrogens is 296 g/mol. The Morgan fingerprint density at radius 3 is 2.91 bits per heavy atom. The summed E-state index contributed by atoms with van der Waals surface area (Å²) < 4.78 is 7.36. The maximum absolute atomic E-state index is 5.34. The highest BCUT2D eigenvalue weighted by Crippen LogP contribution is 2.31. The van der Waals surface area contributed by atoms with E-state index in [1.165, 1.54) is 0 Å². The van der Waals surface area contributed by atoms with Crippen molar-refractivity contribution in [2.45, 2.75) is 12.1 Å². The molecule has 3 aromatic rings. The summed E-state index contributed by atoms with van der Waals surface area (Å²) >= 11 is 1.71. The molecule has 1 N–H and O–H groups in total. The lowest BCUT2D eigenvalue weighted by molar-refractivity contribution is 0.416. The van der Waals surface area contributed by atoms with Gasteiger partial charge in [-0.25, -0.2) is 9.97 Å². The molecule has 3 rings (SSSR count). The normalized spacial score (nSPS) is 10.9. The summed E-state index contributed by atoms with van der Waals surface area (Å²) in [5, 5.41) is 4.10. The van der Waals surface area contributed by atoms with Crippen LogP contribution in [-0.4, -0.2) is 34.3 Å². The lowest BCUT2D eigenvalue weighted by Crippen LogP contribution is -1.98. The fourth-order valence-corrected chi connectivity index (χ4v) is 3.05. The van der Waals surface area contributed by atoms with Crippen LogP contribution >= 0.6 is 11.8 Å². The van der Waals surface area contributed by atoms with Crippen LogP contribution in [0.3, 0.4) is 0 Å². The first-order chi connectivity index (χ1) is 10.8. The number of imidazole rings is 1. The van der Waals surface area contributed by atoms with Crippen molar-refractivity contribution < 1.29 is 4.74 Å². The van der Waals surface area contributed by atoms with Gasteiger partial charge in [-0.3, -0.25) is 4.40 Å². The number of fused-ring (bicyclic) bond motifs is 1. The molecule has 0 fully saturated rings. The summed E-state index contributed by atoms with van der Waals surface area (Å²) in [6.45, 7) is 2.12. The maximum atomic E-state index is 5.34. The smallest absolute Gasteiger partial charge is 0.174 e. The first kappa shape index (κ1) is 14.7. The molecule has 2 heterocycles. The van der Waals surface area contributed by atoms with Crippen LogP contribution in [0, 0.1) is 0 Å². The first-order valence-electron chi connectivity index (χ1n) is 7.10. The number of benzene rings is 1. The van der Waals surface area contributed by atoms with Crippen LogP contribution in [0.4, 0.5) is 5.69 Å².